The molecule has 1 aliphatic heterocycles. The van der Waals surface area contributed by atoms with E-state index < -0.39 is 0 Å². The Morgan fingerprint density at radius 2 is 2.00 bits per heavy atom. The number of benzene rings is 1. The van der Waals surface area contributed by atoms with Crippen molar-refractivity contribution in [3.05, 3.63) is 36.0 Å². The van der Waals surface area contributed by atoms with E-state index >= 15 is 0 Å². The molecule has 0 unspecified atom stereocenters. The minimum Gasteiger partial charge on any atom is -0.497 e. The van der Waals surface area contributed by atoms with Crippen LogP contribution in [0.2, 0.25) is 0 Å². The highest BCUT2D eigenvalue weighted by atomic mass is 16.5. The molecular formula is C17H19N3O3. The van der Waals surface area contributed by atoms with Crippen molar-refractivity contribution in [1.29, 1.82) is 0 Å². The van der Waals surface area contributed by atoms with Crippen LogP contribution in [0.25, 0.3) is 10.9 Å². The first-order valence-corrected chi connectivity index (χ1v) is 7.68. The predicted molar refractivity (Wildman–Crippen MR) is 86.4 cm³/mol. The molecule has 6 nitrogen and oxygen atoms in total. The molecule has 0 saturated carbocycles. The van der Waals surface area contributed by atoms with Gasteiger partial charge in [-0.15, -0.1) is 0 Å². The van der Waals surface area contributed by atoms with Crippen LogP contribution < -0.4 is 10.1 Å². The molecule has 0 aliphatic carbocycles. The highest BCUT2D eigenvalue weighted by molar-refractivity contribution is 5.97. The van der Waals surface area contributed by atoms with Crippen LogP contribution in [0.3, 0.4) is 0 Å². The molecule has 120 valence electrons. The third-order valence-electron chi connectivity index (χ3n) is 3.99. The van der Waals surface area contributed by atoms with Gasteiger partial charge in [0.15, 0.2) is 0 Å². The Morgan fingerprint density at radius 1 is 1.22 bits per heavy atom. The number of methoxy groups -OCH3 is 1. The zero-order valence-electron chi connectivity index (χ0n) is 13.0. The number of hydrogen-bond donors (Lipinski definition) is 1. The van der Waals surface area contributed by atoms with Crippen LogP contribution in [0.15, 0.2) is 30.3 Å². The highest BCUT2D eigenvalue weighted by Crippen LogP contribution is 2.19. The first kappa shape index (κ1) is 15.3. The Bertz CT molecular complexity index is 739. The fourth-order valence-corrected chi connectivity index (χ4v) is 2.68. The van der Waals surface area contributed by atoms with Crippen LogP contribution in [-0.4, -0.2) is 48.4 Å². The van der Waals surface area contributed by atoms with Crippen LogP contribution in [0, 0.1) is 0 Å². The summed E-state index contributed by atoms with van der Waals surface area (Å²) in [4.78, 5) is 30.2. The molecule has 1 aliphatic rings. The number of amides is 2. The summed E-state index contributed by atoms with van der Waals surface area (Å²) in [5.41, 5.74) is 1.02. The van der Waals surface area contributed by atoms with Crippen molar-refractivity contribution in [2.45, 2.75) is 12.8 Å². The number of nitrogens with one attached hydrogen (secondary N) is 1. The fraction of sp³-hybridized carbons (Fsp3) is 0.353. The molecule has 1 aromatic carbocycles. The number of nitrogens with zero attached hydrogens (tertiary/aromatic N) is 2. The Balaban J connectivity index is 1.67. The van der Waals surface area contributed by atoms with Gasteiger partial charge in [0, 0.05) is 18.5 Å². The molecule has 1 aromatic heterocycles. The van der Waals surface area contributed by atoms with Gasteiger partial charge in [-0.3, -0.25) is 9.59 Å². The van der Waals surface area contributed by atoms with Crippen LogP contribution in [0.1, 0.15) is 23.3 Å². The molecule has 2 amide bonds. The maximum atomic E-state index is 12.2. The third-order valence-corrected chi connectivity index (χ3v) is 3.99. The lowest BCUT2D eigenvalue weighted by molar-refractivity contribution is -0.129. The van der Waals surface area contributed by atoms with E-state index in [0.717, 1.165) is 37.1 Å². The minimum atomic E-state index is -0.338. The largest absolute Gasteiger partial charge is 0.497 e. The van der Waals surface area contributed by atoms with Crippen molar-refractivity contribution in [3.8, 4) is 5.75 Å². The molecule has 0 radical (unpaired) electrons. The molecule has 1 fully saturated rings. The van der Waals surface area contributed by atoms with Gasteiger partial charge < -0.3 is 15.0 Å². The predicted octanol–water partition coefficient (Wildman–Crippen LogP) is 1.60. The number of pyridine rings is 1. The summed E-state index contributed by atoms with van der Waals surface area (Å²) in [5.74, 6) is 0.365. The Kier molecular flexibility index (Phi) is 4.41. The second kappa shape index (κ2) is 6.64. The van der Waals surface area contributed by atoms with Gasteiger partial charge in [-0.05, 0) is 37.1 Å². The summed E-state index contributed by atoms with van der Waals surface area (Å²) in [7, 11) is 1.60. The van der Waals surface area contributed by atoms with E-state index in [9.17, 15) is 9.59 Å². The molecule has 2 aromatic rings. The van der Waals surface area contributed by atoms with E-state index in [1.807, 2.05) is 12.1 Å². The smallest absolute Gasteiger partial charge is 0.270 e. The summed E-state index contributed by atoms with van der Waals surface area (Å²) < 4.78 is 5.16. The zero-order valence-corrected chi connectivity index (χ0v) is 13.0. The molecule has 6 heteroatoms. The van der Waals surface area contributed by atoms with Crippen molar-refractivity contribution in [2.75, 3.05) is 26.7 Å². The number of hydrogen-bond acceptors (Lipinski definition) is 4. The van der Waals surface area contributed by atoms with Crippen LogP contribution in [-0.2, 0) is 4.79 Å². The average molecular weight is 313 g/mol. The first-order valence-electron chi connectivity index (χ1n) is 7.68. The SMILES string of the molecule is COc1ccc2nc(C(=O)NCC(=O)N3CCCC3)ccc2c1. The lowest BCUT2D eigenvalue weighted by atomic mass is 10.2. The molecular weight excluding hydrogens is 294 g/mol. The van der Waals surface area contributed by atoms with Gasteiger partial charge in [0.25, 0.3) is 5.91 Å². The zero-order chi connectivity index (χ0) is 16.2. The fourth-order valence-electron chi connectivity index (χ4n) is 2.68. The van der Waals surface area contributed by atoms with E-state index in [-0.39, 0.29) is 18.4 Å². The average Bonchev–Trinajstić information content (AvgIpc) is 3.13. The Labute approximate surface area is 134 Å². The molecule has 0 bridgehead atoms. The van der Waals surface area contributed by atoms with Crippen molar-refractivity contribution in [3.63, 3.8) is 0 Å². The summed E-state index contributed by atoms with van der Waals surface area (Å²) >= 11 is 0. The van der Waals surface area contributed by atoms with Gasteiger partial charge in [-0.1, -0.05) is 6.07 Å². The summed E-state index contributed by atoms with van der Waals surface area (Å²) in [5, 5.41) is 3.54. The molecule has 1 saturated heterocycles. The van der Waals surface area contributed by atoms with Gasteiger partial charge in [0.2, 0.25) is 5.91 Å². The van der Waals surface area contributed by atoms with Gasteiger partial charge in [-0.2, -0.15) is 0 Å². The second-order valence-corrected chi connectivity index (χ2v) is 5.53. The maximum Gasteiger partial charge on any atom is 0.270 e. The van der Waals surface area contributed by atoms with Gasteiger partial charge in [0.1, 0.15) is 11.4 Å². The Hall–Kier alpha value is -2.63. The van der Waals surface area contributed by atoms with Gasteiger partial charge in [0.05, 0.1) is 19.2 Å². The number of ether oxygens (including phenoxy) is 1. The standard InChI is InChI=1S/C17H19N3O3/c1-23-13-5-7-14-12(10-13)4-6-15(19-14)17(22)18-11-16(21)20-8-2-3-9-20/h4-7,10H,2-3,8-9,11H2,1H3,(H,18,22). The lowest BCUT2D eigenvalue weighted by Crippen LogP contribution is -2.38. The van der Waals surface area contributed by atoms with Gasteiger partial charge >= 0.3 is 0 Å². The molecule has 1 N–H and O–H groups in total. The summed E-state index contributed by atoms with van der Waals surface area (Å²) in [6, 6.07) is 8.94. The second-order valence-electron chi connectivity index (χ2n) is 5.53. The molecule has 2 heterocycles. The van der Waals surface area contributed by atoms with E-state index in [1.54, 1.807) is 30.2 Å². The van der Waals surface area contributed by atoms with Crippen LogP contribution in [0.4, 0.5) is 0 Å². The number of carbonyl (C=O) groups is 2. The van der Waals surface area contributed by atoms with Crippen molar-refractivity contribution in [1.82, 2.24) is 15.2 Å². The monoisotopic (exact) mass is 313 g/mol. The molecule has 0 atom stereocenters. The topological polar surface area (TPSA) is 71.5 Å². The Morgan fingerprint density at radius 3 is 2.74 bits per heavy atom. The number of fused-ring (bicyclic) bond motifs is 1. The van der Waals surface area contributed by atoms with E-state index in [1.165, 1.54) is 0 Å². The molecule has 3 rings (SSSR count). The number of rotatable bonds is 4. The minimum absolute atomic E-state index is 0.0150. The van der Waals surface area contributed by atoms with E-state index in [4.69, 9.17) is 4.74 Å². The highest BCUT2D eigenvalue weighted by Gasteiger charge is 2.18. The lowest BCUT2D eigenvalue weighted by Gasteiger charge is -2.15. The van der Waals surface area contributed by atoms with Crippen molar-refractivity contribution >= 4 is 22.7 Å². The quantitative estimate of drug-likeness (QED) is 0.930. The number of carbonyl (C=O) groups excluding carboxylic acids is 2. The molecule has 23 heavy (non-hydrogen) atoms. The van der Waals surface area contributed by atoms with E-state index in [0.29, 0.717) is 11.2 Å². The molecule has 0 spiro atoms. The third kappa shape index (κ3) is 3.41. The summed E-state index contributed by atoms with van der Waals surface area (Å²) in [6.45, 7) is 1.58. The van der Waals surface area contributed by atoms with Crippen LogP contribution in [0.5, 0.6) is 5.75 Å². The van der Waals surface area contributed by atoms with Crippen molar-refractivity contribution in [2.24, 2.45) is 0 Å². The number of likely N-dealkylation sites (tertiary alicyclic amines) is 1. The van der Waals surface area contributed by atoms with E-state index in [2.05, 4.69) is 10.3 Å². The maximum absolute atomic E-state index is 12.2. The first-order chi connectivity index (χ1) is 11.2. The van der Waals surface area contributed by atoms with Crippen LogP contribution >= 0.6 is 0 Å². The number of aromatic nitrogens is 1. The van der Waals surface area contributed by atoms with Gasteiger partial charge in [-0.25, -0.2) is 4.98 Å². The van der Waals surface area contributed by atoms with Crippen molar-refractivity contribution < 1.29 is 14.3 Å². The normalized spacial score (nSPS) is 14.0. The summed E-state index contributed by atoms with van der Waals surface area (Å²) in [6.07, 6.45) is 2.07.